The number of aryl methyl sites for hydroxylation is 1. The van der Waals surface area contributed by atoms with E-state index in [9.17, 15) is 4.79 Å². The molecule has 4 nitrogen and oxygen atoms in total. The van der Waals surface area contributed by atoms with Crippen LogP contribution >= 0.6 is 23.1 Å². The smallest absolute Gasteiger partial charge is 0.233 e. The molecule has 0 saturated heterocycles. The molecule has 2 aromatic heterocycles. The van der Waals surface area contributed by atoms with Crippen LogP contribution in [-0.2, 0) is 11.2 Å². The van der Waals surface area contributed by atoms with Crippen molar-refractivity contribution < 1.29 is 4.79 Å². The molecule has 4 rings (SSSR count). The number of carbonyl (C=O) groups is 1. The number of amides is 1. The minimum atomic E-state index is 0.194. The topological polar surface area (TPSA) is 46.1 Å². The molecule has 1 atom stereocenters. The van der Waals surface area contributed by atoms with Gasteiger partial charge in [0.05, 0.1) is 17.3 Å². The maximum Gasteiger partial charge on any atom is 0.233 e. The van der Waals surface area contributed by atoms with Crippen LogP contribution in [0, 0.1) is 6.92 Å². The summed E-state index contributed by atoms with van der Waals surface area (Å²) in [6.07, 6.45) is 1.92. The predicted molar refractivity (Wildman–Crippen MR) is 108 cm³/mol. The standard InChI is InChI=1S/C20H21N3OS2/c1-3-17-15-9-11-25-18(15)8-10-23(17)19(24)12-26-20-14-6-4-5-7-16(14)21-13(2)22-20/h4-7,9,11,17H,3,8,10,12H2,1-2H3. The lowest BCUT2D eigenvalue weighted by Crippen LogP contribution is -2.40. The van der Waals surface area contributed by atoms with E-state index in [-0.39, 0.29) is 11.9 Å². The summed E-state index contributed by atoms with van der Waals surface area (Å²) in [6.45, 7) is 4.87. The summed E-state index contributed by atoms with van der Waals surface area (Å²) < 4.78 is 0. The van der Waals surface area contributed by atoms with Crippen molar-refractivity contribution in [1.82, 2.24) is 14.9 Å². The van der Waals surface area contributed by atoms with Gasteiger partial charge in [0.2, 0.25) is 5.91 Å². The summed E-state index contributed by atoms with van der Waals surface area (Å²) in [5.74, 6) is 1.35. The Morgan fingerprint density at radius 3 is 3.00 bits per heavy atom. The Labute approximate surface area is 161 Å². The van der Waals surface area contributed by atoms with Crippen LogP contribution < -0.4 is 0 Å². The highest BCUT2D eigenvalue weighted by Crippen LogP contribution is 2.36. The summed E-state index contributed by atoms with van der Waals surface area (Å²) >= 11 is 3.33. The lowest BCUT2D eigenvalue weighted by molar-refractivity contribution is -0.131. The van der Waals surface area contributed by atoms with E-state index in [0.29, 0.717) is 5.75 Å². The van der Waals surface area contributed by atoms with Crippen molar-refractivity contribution in [2.45, 2.75) is 37.8 Å². The van der Waals surface area contributed by atoms with Crippen LogP contribution in [0.5, 0.6) is 0 Å². The van der Waals surface area contributed by atoms with Gasteiger partial charge < -0.3 is 4.90 Å². The van der Waals surface area contributed by atoms with E-state index < -0.39 is 0 Å². The second kappa shape index (κ2) is 7.37. The van der Waals surface area contributed by atoms with Crippen molar-refractivity contribution in [3.63, 3.8) is 0 Å². The van der Waals surface area contributed by atoms with Gasteiger partial charge in [0.25, 0.3) is 0 Å². The second-order valence-corrected chi connectivity index (χ2v) is 8.41. The second-order valence-electron chi connectivity index (χ2n) is 6.44. The van der Waals surface area contributed by atoms with Crippen molar-refractivity contribution in [2.75, 3.05) is 12.3 Å². The number of nitrogens with zero attached hydrogens (tertiary/aromatic N) is 3. The van der Waals surface area contributed by atoms with E-state index >= 15 is 0 Å². The highest BCUT2D eigenvalue weighted by molar-refractivity contribution is 8.00. The third-order valence-corrected chi connectivity index (χ3v) is 6.79. The number of thiophene rings is 1. The van der Waals surface area contributed by atoms with Crippen molar-refractivity contribution in [3.05, 3.63) is 52.0 Å². The van der Waals surface area contributed by atoms with Crippen molar-refractivity contribution in [1.29, 1.82) is 0 Å². The molecule has 1 aromatic carbocycles. The van der Waals surface area contributed by atoms with Crippen molar-refractivity contribution in [2.24, 2.45) is 0 Å². The molecule has 0 spiro atoms. The average Bonchev–Trinajstić information content (AvgIpc) is 3.13. The minimum Gasteiger partial charge on any atom is -0.335 e. The zero-order valence-corrected chi connectivity index (χ0v) is 16.6. The third-order valence-electron chi connectivity index (χ3n) is 4.81. The van der Waals surface area contributed by atoms with Gasteiger partial charge in [-0.05, 0) is 42.8 Å². The fourth-order valence-corrected chi connectivity index (χ4v) is 5.50. The van der Waals surface area contributed by atoms with Crippen LogP contribution in [-0.4, -0.2) is 33.1 Å². The van der Waals surface area contributed by atoms with E-state index in [1.54, 1.807) is 0 Å². The van der Waals surface area contributed by atoms with Gasteiger partial charge in [-0.15, -0.1) is 11.3 Å². The number of carbonyl (C=O) groups excluding carboxylic acids is 1. The van der Waals surface area contributed by atoms with E-state index in [4.69, 9.17) is 0 Å². The number of thioether (sulfide) groups is 1. The predicted octanol–water partition coefficient (Wildman–Crippen LogP) is 4.63. The Balaban J connectivity index is 1.53. The molecule has 1 aliphatic rings. The molecule has 0 radical (unpaired) electrons. The summed E-state index contributed by atoms with van der Waals surface area (Å²) in [6, 6.07) is 10.4. The molecule has 1 unspecified atom stereocenters. The Kier molecular flexibility index (Phi) is 4.96. The zero-order valence-electron chi connectivity index (χ0n) is 14.9. The van der Waals surface area contributed by atoms with Gasteiger partial charge in [-0.2, -0.15) is 0 Å². The molecule has 3 heterocycles. The minimum absolute atomic E-state index is 0.194. The van der Waals surface area contributed by atoms with Gasteiger partial charge in [0.1, 0.15) is 10.9 Å². The first-order chi connectivity index (χ1) is 12.7. The number of hydrogen-bond acceptors (Lipinski definition) is 5. The number of fused-ring (bicyclic) bond motifs is 2. The summed E-state index contributed by atoms with van der Waals surface area (Å²) in [5, 5.41) is 4.05. The van der Waals surface area contributed by atoms with Crippen LogP contribution in [0.15, 0.2) is 40.7 Å². The molecular formula is C20H21N3OS2. The first kappa shape index (κ1) is 17.5. The maximum atomic E-state index is 13.0. The number of rotatable bonds is 4. The summed E-state index contributed by atoms with van der Waals surface area (Å²) in [7, 11) is 0. The molecule has 26 heavy (non-hydrogen) atoms. The van der Waals surface area contributed by atoms with Gasteiger partial charge in [-0.3, -0.25) is 4.79 Å². The molecule has 0 aliphatic carbocycles. The summed E-state index contributed by atoms with van der Waals surface area (Å²) in [4.78, 5) is 25.5. The Morgan fingerprint density at radius 1 is 1.31 bits per heavy atom. The normalized spacial score (nSPS) is 16.7. The van der Waals surface area contributed by atoms with Crippen molar-refractivity contribution in [3.8, 4) is 0 Å². The van der Waals surface area contributed by atoms with Gasteiger partial charge in [-0.1, -0.05) is 36.9 Å². The van der Waals surface area contributed by atoms with E-state index in [0.717, 1.165) is 41.1 Å². The maximum absolute atomic E-state index is 13.0. The third kappa shape index (κ3) is 3.23. The first-order valence-electron chi connectivity index (χ1n) is 8.89. The van der Waals surface area contributed by atoms with Gasteiger partial charge >= 0.3 is 0 Å². The molecule has 3 aromatic rings. The zero-order chi connectivity index (χ0) is 18.1. The SMILES string of the molecule is CCC1c2ccsc2CCN1C(=O)CSc1nc(C)nc2ccccc12. The van der Waals surface area contributed by atoms with Crippen LogP contribution in [0.25, 0.3) is 10.9 Å². The van der Waals surface area contributed by atoms with Crippen LogP contribution in [0.1, 0.15) is 35.7 Å². The Hall–Kier alpha value is -1.92. The quantitative estimate of drug-likeness (QED) is 0.487. The number of para-hydroxylation sites is 1. The Bertz CT molecular complexity index is 953. The van der Waals surface area contributed by atoms with Crippen molar-refractivity contribution >= 4 is 39.9 Å². The molecule has 1 aliphatic heterocycles. The molecular weight excluding hydrogens is 362 g/mol. The first-order valence-corrected chi connectivity index (χ1v) is 10.8. The van der Waals surface area contributed by atoms with E-state index in [1.165, 1.54) is 22.2 Å². The molecule has 0 N–H and O–H groups in total. The fourth-order valence-electron chi connectivity index (χ4n) is 3.62. The van der Waals surface area contributed by atoms with Crippen LogP contribution in [0.4, 0.5) is 0 Å². The van der Waals surface area contributed by atoms with Crippen LogP contribution in [0.3, 0.4) is 0 Å². The van der Waals surface area contributed by atoms with E-state index in [2.05, 4.69) is 33.2 Å². The molecule has 0 bridgehead atoms. The largest absolute Gasteiger partial charge is 0.335 e. The molecule has 134 valence electrons. The van der Waals surface area contributed by atoms with Gasteiger partial charge in [-0.25, -0.2) is 9.97 Å². The number of hydrogen-bond donors (Lipinski definition) is 0. The van der Waals surface area contributed by atoms with Gasteiger partial charge in [0, 0.05) is 16.8 Å². The summed E-state index contributed by atoms with van der Waals surface area (Å²) in [5.41, 5.74) is 2.27. The highest BCUT2D eigenvalue weighted by Gasteiger charge is 2.30. The van der Waals surface area contributed by atoms with E-state index in [1.807, 2.05) is 42.5 Å². The molecule has 6 heteroatoms. The molecule has 0 saturated carbocycles. The molecule has 0 fully saturated rings. The number of aromatic nitrogens is 2. The monoisotopic (exact) mass is 383 g/mol. The van der Waals surface area contributed by atoms with Gasteiger partial charge in [0.15, 0.2) is 0 Å². The number of benzene rings is 1. The Morgan fingerprint density at radius 2 is 2.15 bits per heavy atom. The average molecular weight is 384 g/mol. The molecule has 1 amide bonds. The highest BCUT2D eigenvalue weighted by atomic mass is 32.2. The fraction of sp³-hybridized carbons (Fsp3) is 0.350. The lowest BCUT2D eigenvalue weighted by Gasteiger charge is -2.35. The van der Waals surface area contributed by atoms with Crippen LogP contribution in [0.2, 0.25) is 0 Å². The lowest BCUT2D eigenvalue weighted by atomic mass is 9.98.